The molecule has 1 heterocycles. The van der Waals surface area contributed by atoms with Crippen LogP contribution < -0.4 is 11.1 Å². The van der Waals surface area contributed by atoms with Crippen LogP contribution in [0.5, 0.6) is 0 Å². The lowest BCUT2D eigenvalue weighted by Crippen LogP contribution is -2.38. The molecule has 1 aromatic rings. The van der Waals surface area contributed by atoms with Crippen molar-refractivity contribution in [3.63, 3.8) is 0 Å². The van der Waals surface area contributed by atoms with Crippen molar-refractivity contribution in [1.29, 1.82) is 0 Å². The van der Waals surface area contributed by atoms with Gasteiger partial charge in [-0.3, -0.25) is 9.98 Å². The predicted octanol–water partition coefficient (Wildman–Crippen LogP) is 0.970. The maximum absolute atomic E-state index is 11.5. The van der Waals surface area contributed by atoms with Crippen molar-refractivity contribution in [2.24, 2.45) is 10.7 Å². The normalized spacial score (nSPS) is 12.6. The third-order valence-corrected chi connectivity index (χ3v) is 5.18. The first kappa shape index (κ1) is 20.1. The molecule has 0 aliphatic heterocycles. The number of hydrogen-bond donors (Lipinski definition) is 2. The van der Waals surface area contributed by atoms with E-state index in [1.165, 1.54) is 6.26 Å². The van der Waals surface area contributed by atoms with E-state index in [1.807, 2.05) is 18.2 Å². The standard InChI is InChI=1S/C13H22N4O2S.HI/c1-13(2,20(3,18)19)10-17-12(14)16-9-7-11-6-4-5-8-15-11;/h4-6,8H,7,9-10H2,1-3H3,(H3,14,16,17);1H. The summed E-state index contributed by atoms with van der Waals surface area (Å²) in [5, 5.41) is 2.95. The Morgan fingerprint density at radius 3 is 2.62 bits per heavy atom. The summed E-state index contributed by atoms with van der Waals surface area (Å²) >= 11 is 0. The fourth-order valence-electron chi connectivity index (χ4n) is 1.31. The minimum Gasteiger partial charge on any atom is -0.370 e. The van der Waals surface area contributed by atoms with Crippen LogP contribution in [0.4, 0.5) is 0 Å². The number of halogens is 1. The van der Waals surface area contributed by atoms with E-state index in [9.17, 15) is 8.42 Å². The van der Waals surface area contributed by atoms with Crippen molar-refractivity contribution in [3.8, 4) is 0 Å². The second-order valence-electron chi connectivity index (χ2n) is 5.23. The lowest BCUT2D eigenvalue weighted by molar-refractivity contribution is 0.555. The summed E-state index contributed by atoms with van der Waals surface area (Å²) in [4.78, 5) is 8.27. The van der Waals surface area contributed by atoms with Gasteiger partial charge < -0.3 is 11.1 Å². The van der Waals surface area contributed by atoms with Crippen LogP contribution in [0.1, 0.15) is 19.5 Å². The number of nitrogens with one attached hydrogen (secondary N) is 1. The van der Waals surface area contributed by atoms with Crippen LogP contribution in [0.2, 0.25) is 0 Å². The summed E-state index contributed by atoms with van der Waals surface area (Å²) in [6, 6.07) is 5.72. The number of hydrogen-bond acceptors (Lipinski definition) is 4. The fourth-order valence-corrected chi connectivity index (χ4v) is 1.61. The van der Waals surface area contributed by atoms with Gasteiger partial charge in [0.05, 0.1) is 11.3 Å². The van der Waals surface area contributed by atoms with Crippen LogP contribution in [-0.4, -0.2) is 43.5 Å². The van der Waals surface area contributed by atoms with Gasteiger partial charge in [-0.15, -0.1) is 24.0 Å². The van der Waals surface area contributed by atoms with Crippen molar-refractivity contribution >= 4 is 39.8 Å². The van der Waals surface area contributed by atoms with E-state index in [-0.39, 0.29) is 36.5 Å². The molecule has 0 unspecified atom stereocenters. The Bertz CT molecular complexity index is 559. The van der Waals surface area contributed by atoms with Gasteiger partial charge in [0.1, 0.15) is 0 Å². The Hall–Kier alpha value is -0.900. The third kappa shape index (κ3) is 7.07. The van der Waals surface area contributed by atoms with Crippen molar-refractivity contribution in [2.75, 3.05) is 19.3 Å². The van der Waals surface area contributed by atoms with Gasteiger partial charge in [-0.2, -0.15) is 0 Å². The zero-order valence-electron chi connectivity index (χ0n) is 12.5. The van der Waals surface area contributed by atoms with E-state index in [1.54, 1.807) is 20.0 Å². The van der Waals surface area contributed by atoms with Crippen LogP contribution in [0, 0.1) is 0 Å². The first-order valence-corrected chi connectivity index (χ1v) is 8.25. The summed E-state index contributed by atoms with van der Waals surface area (Å²) in [6.45, 7) is 4.00. The van der Waals surface area contributed by atoms with Crippen LogP contribution in [-0.2, 0) is 16.3 Å². The summed E-state index contributed by atoms with van der Waals surface area (Å²) in [5.41, 5.74) is 6.67. The molecule has 1 aromatic heterocycles. The Balaban J connectivity index is 0.00000400. The van der Waals surface area contributed by atoms with Gasteiger partial charge in [0.25, 0.3) is 0 Å². The summed E-state index contributed by atoms with van der Waals surface area (Å²) < 4.78 is 22.1. The summed E-state index contributed by atoms with van der Waals surface area (Å²) in [5.74, 6) is 0.248. The van der Waals surface area contributed by atoms with Crippen molar-refractivity contribution in [2.45, 2.75) is 25.0 Å². The molecule has 0 atom stereocenters. The molecule has 21 heavy (non-hydrogen) atoms. The second kappa shape index (κ2) is 8.52. The molecule has 0 aliphatic rings. The lowest BCUT2D eigenvalue weighted by atomic mass is 10.2. The maximum Gasteiger partial charge on any atom is 0.188 e. The number of guanidine groups is 1. The predicted molar refractivity (Wildman–Crippen MR) is 96.8 cm³/mol. The Labute approximate surface area is 143 Å². The quantitative estimate of drug-likeness (QED) is 0.402. The van der Waals surface area contributed by atoms with Gasteiger partial charge in [-0.05, 0) is 26.0 Å². The highest BCUT2D eigenvalue weighted by molar-refractivity contribution is 14.0. The van der Waals surface area contributed by atoms with E-state index in [2.05, 4.69) is 15.3 Å². The van der Waals surface area contributed by atoms with E-state index < -0.39 is 14.6 Å². The molecule has 3 N–H and O–H groups in total. The molecule has 0 bridgehead atoms. The minimum atomic E-state index is -3.16. The van der Waals surface area contributed by atoms with Crippen LogP contribution >= 0.6 is 24.0 Å². The number of nitrogens with two attached hydrogens (primary N) is 1. The zero-order valence-corrected chi connectivity index (χ0v) is 15.7. The highest BCUT2D eigenvalue weighted by Crippen LogP contribution is 2.14. The topological polar surface area (TPSA) is 97.4 Å². The number of pyridine rings is 1. The number of aliphatic imine (C=N–C) groups is 1. The molecular weight excluding hydrogens is 403 g/mol. The SMILES string of the molecule is CC(C)(CN=C(N)NCCc1ccccn1)S(C)(=O)=O.I. The number of sulfone groups is 1. The Morgan fingerprint density at radius 2 is 2.10 bits per heavy atom. The van der Waals surface area contributed by atoms with E-state index >= 15 is 0 Å². The molecule has 1 rings (SSSR count). The number of rotatable bonds is 6. The molecule has 120 valence electrons. The molecular formula is C13H23IN4O2S. The highest BCUT2D eigenvalue weighted by Gasteiger charge is 2.29. The first-order chi connectivity index (χ1) is 9.22. The van der Waals surface area contributed by atoms with Gasteiger partial charge >= 0.3 is 0 Å². The largest absolute Gasteiger partial charge is 0.370 e. The molecule has 8 heteroatoms. The Kier molecular flexibility index (Phi) is 8.16. The van der Waals surface area contributed by atoms with Crippen molar-refractivity contribution < 1.29 is 8.42 Å². The third-order valence-electron chi connectivity index (χ3n) is 3.05. The molecule has 0 saturated heterocycles. The van der Waals surface area contributed by atoms with Gasteiger partial charge in [0.15, 0.2) is 15.8 Å². The lowest BCUT2D eigenvalue weighted by Gasteiger charge is -2.20. The molecule has 0 spiro atoms. The number of nitrogens with zero attached hydrogens (tertiary/aromatic N) is 2. The molecule has 0 fully saturated rings. The van der Waals surface area contributed by atoms with Crippen LogP contribution in [0.25, 0.3) is 0 Å². The Morgan fingerprint density at radius 1 is 1.43 bits per heavy atom. The van der Waals surface area contributed by atoms with E-state index in [0.717, 1.165) is 12.1 Å². The molecule has 0 aromatic carbocycles. The molecule has 0 aliphatic carbocycles. The molecule has 0 amide bonds. The van der Waals surface area contributed by atoms with Gasteiger partial charge in [-0.1, -0.05) is 6.07 Å². The average Bonchev–Trinajstić information content (AvgIpc) is 2.36. The molecule has 0 radical (unpaired) electrons. The second-order valence-corrected chi connectivity index (χ2v) is 7.88. The summed E-state index contributed by atoms with van der Waals surface area (Å²) in [6.07, 6.45) is 3.67. The van der Waals surface area contributed by atoms with E-state index in [4.69, 9.17) is 5.73 Å². The van der Waals surface area contributed by atoms with Crippen molar-refractivity contribution in [1.82, 2.24) is 10.3 Å². The van der Waals surface area contributed by atoms with Gasteiger partial charge in [-0.25, -0.2) is 8.42 Å². The average molecular weight is 426 g/mol. The van der Waals surface area contributed by atoms with E-state index in [0.29, 0.717) is 6.54 Å². The van der Waals surface area contributed by atoms with Crippen LogP contribution in [0.15, 0.2) is 29.4 Å². The summed E-state index contributed by atoms with van der Waals surface area (Å²) in [7, 11) is -3.16. The zero-order chi connectivity index (χ0) is 15.2. The maximum atomic E-state index is 11.5. The fraction of sp³-hybridized carbons (Fsp3) is 0.538. The van der Waals surface area contributed by atoms with Gasteiger partial charge in [0, 0.05) is 31.1 Å². The van der Waals surface area contributed by atoms with Crippen molar-refractivity contribution in [3.05, 3.63) is 30.1 Å². The van der Waals surface area contributed by atoms with Crippen LogP contribution in [0.3, 0.4) is 0 Å². The monoisotopic (exact) mass is 426 g/mol. The molecule has 6 nitrogen and oxygen atoms in total. The minimum absolute atomic E-state index is 0. The van der Waals surface area contributed by atoms with Gasteiger partial charge in [0.2, 0.25) is 0 Å². The first-order valence-electron chi connectivity index (χ1n) is 6.36. The molecule has 0 saturated carbocycles. The number of aromatic nitrogens is 1. The highest BCUT2D eigenvalue weighted by atomic mass is 127. The smallest absolute Gasteiger partial charge is 0.188 e.